The monoisotopic (exact) mass is 246 g/mol. The Morgan fingerprint density at radius 1 is 0.733 bits per heavy atom. The molecule has 0 bridgehead atoms. The second-order valence-corrected chi connectivity index (χ2v) is 6.43. The van der Waals surface area contributed by atoms with Crippen LogP contribution in [0.5, 0.6) is 0 Å². The van der Waals surface area contributed by atoms with Gasteiger partial charge in [-0.05, 0) is 35.0 Å². The minimum Gasteiger partial charge on any atom is -0.144 e. The van der Waals surface area contributed by atoms with Gasteiger partial charge in [-0.25, -0.2) is 0 Å². The van der Waals surface area contributed by atoms with Gasteiger partial charge >= 0.3 is 0 Å². The SMILES string of the molecule is c1cc2c(ccc3sc4ccsc4c32)s1. The lowest BCUT2D eigenvalue weighted by molar-refractivity contribution is 2.06. The van der Waals surface area contributed by atoms with Crippen molar-refractivity contribution in [2.75, 3.05) is 0 Å². The van der Waals surface area contributed by atoms with Gasteiger partial charge in [-0.2, -0.15) is 0 Å². The first-order valence-corrected chi connectivity index (χ1v) is 7.27. The van der Waals surface area contributed by atoms with Crippen LogP contribution in [0.15, 0.2) is 35.0 Å². The Bertz CT molecular complexity index is 769. The zero-order chi connectivity index (χ0) is 9.83. The molecule has 0 aliphatic heterocycles. The number of benzene rings is 1. The third-order valence-corrected chi connectivity index (χ3v) is 5.74. The highest BCUT2D eigenvalue weighted by Crippen LogP contribution is 2.42. The van der Waals surface area contributed by atoms with E-state index >= 15 is 0 Å². The molecule has 15 heavy (non-hydrogen) atoms. The van der Waals surface area contributed by atoms with Crippen LogP contribution in [0, 0.1) is 0 Å². The summed E-state index contributed by atoms with van der Waals surface area (Å²) in [6, 6.07) is 8.96. The maximum Gasteiger partial charge on any atom is 0.0535 e. The van der Waals surface area contributed by atoms with E-state index in [9.17, 15) is 0 Å². The Labute approximate surface area is 98.4 Å². The van der Waals surface area contributed by atoms with Gasteiger partial charge in [-0.15, -0.1) is 34.0 Å². The van der Waals surface area contributed by atoms with Gasteiger partial charge in [0.2, 0.25) is 0 Å². The minimum atomic E-state index is 1.40. The van der Waals surface area contributed by atoms with Crippen molar-refractivity contribution in [3.05, 3.63) is 35.0 Å². The summed E-state index contributed by atoms with van der Waals surface area (Å²) in [4.78, 5) is 0. The van der Waals surface area contributed by atoms with Crippen LogP contribution in [0.2, 0.25) is 0 Å². The first-order valence-electron chi connectivity index (χ1n) is 4.69. The zero-order valence-corrected chi connectivity index (χ0v) is 10.1. The van der Waals surface area contributed by atoms with Crippen LogP contribution in [0.1, 0.15) is 0 Å². The summed E-state index contributed by atoms with van der Waals surface area (Å²) in [5, 5.41) is 7.25. The highest BCUT2D eigenvalue weighted by molar-refractivity contribution is 7.32. The number of hydrogen-bond donors (Lipinski definition) is 0. The molecule has 1 aromatic carbocycles. The lowest BCUT2D eigenvalue weighted by atomic mass is 10.2. The summed E-state index contributed by atoms with van der Waals surface area (Å²) in [5.41, 5.74) is 0. The molecule has 0 spiro atoms. The normalized spacial score (nSPS) is 12.0. The van der Waals surface area contributed by atoms with Crippen LogP contribution >= 0.6 is 34.0 Å². The van der Waals surface area contributed by atoms with Gasteiger partial charge in [0.15, 0.2) is 0 Å². The molecule has 0 nitrogen and oxygen atoms in total. The molecule has 72 valence electrons. The predicted octanol–water partition coefficient (Wildman–Crippen LogP) is 5.33. The van der Waals surface area contributed by atoms with E-state index in [1.54, 1.807) is 0 Å². The molecule has 0 radical (unpaired) electrons. The largest absolute Gasteiger partial charge is 0.144 e. The molecule has 3 heterocycles. The van der Waals surface area contributed by atoms with Crippen molar-refractivity contribution in [1.29, 1.82) is 0 Å². The zero-order valence-electron chi connectivity index (χ0n) is 7.69. The third kappa shape index (κ3) is 1.00. The van der Waals surface area contributed by atoms with Gasteiger partial charge in [0, 0.05) is 24.9 Å². The first kappa shape index (κ1) is 8.28. The molecule has 0 amide bonds. The molecule has 0 aliphatic carbocycles. The van der Waals surface area contributed by atoms with E-state index in [4.69, 9.17) is 0 Å². The van der Waals surface area contributed by atoms with Crippen molar-refractivity contribution < 1.29 is 0 Å². The van der Waals surface area contributed by atoms with E-state index < -0.39 is 0 Å². The molecule has 0 saturated heterocycles. The Morgan fingerprint density at radius 3 is 2.60 bits per heavy atom. The van der Waals surface area contributed by atoms with Crippen molar-refractivity contribution in [3.63, 3.8) is 0 Å². The lowest BCUT2D eigenvalue weighted by Gasteiger charge is -1.92. The van der Waals surface area contributed by atoms with E-state index in [1.165, 1.54) is 29.6 Å². The number of hydrogen-bond acceptors (Lipinski definition) is 3. The van der Waals surface area contributed by atoms with Crippen LogP contribution in [-0.2, 0) is 0 Å². The van der Waals surface area contributed by atoms with Gasteiger partial charge < -0.3 is 0 Å². The highest BCUT2D eigenvalue weighted by Gasteiger charge is 2.09. The van der Waals surface area contributed by atoms with E-state index in [-0.39, 0.29) is 0 Å². The fourth-order valence-corrected chi connectivity index (χ4v) is 5.12. The lowest BCUT2D eigenvalue weighted by Crippen LogP contribution is -1.64. The Kier molecular flexibility index (Phi) is 1.55. The van der Waals surface area contributed by atoms with Crippen molar-refractivity contribution >= 4 is 63.6 Å². The first-order chi connectivity index (χ1) is 7.43. The molecule has 0 aliphatic rings. The topological polar surface area (TPSA) is 0 Å². The van der Waals surface area contributed by atoms with Crippen molar-refractivity contribution in [1.82, 2.24) is 0 Å². The average Bonchev–Trinajstić information content (AvgIpc) is 2.89. The number of thiophene rings is 3. The fourth-order valence-electron chi connectivity index (χ4n) is 2.02. The van der Waals surface area contributed by atoms with E-state index in [2.05, 4.69) is 35.0 Å². The summed E-state index contributed by atoms with van der Waals surface area (Å²) in [6.45, 7) is 0. The quantitative estimate of drug-likeness (QED) is 0.393. The standard InChI is InChI=1S/C12H6S3/c1-2-9-11(7-3-5-13-8(1)7)12-10(15-9)4-6-14-12/h1-6H. The molecule has 0 unspecified atom stereocenters. The molecular weight excluding hydrogens is 240 g/mol. The van der Waals surface area contributed by atoms with Crippen LogP contribution < -0.4 is 0 Å². The summed E-state index contributed by atoms with van der Waals surface area (Å²) in [7, 11) is 0. The maximum absolute atomic E-state index is 2.26. The second-order valence-electron chi connectivity index (χ2n) is 3.49. The van der Waals surface area contributed by atoms with Crippen LogP contribution in [0.25, 0.3) is 29.6 Å². The summed E-state index contributed by atoms with van der Waals surface area (Å²) >= 11 is 5.58. The smallest absolute Gasteiger partial charge is 0.0535 e. The molecule has 4 aromatic rings. The fraction of sp³-hybridized carbons (Fsp3) is 0. The van der Waals surface area contributed by atoms with Crippen molar-refractivity contribution in [3.8, 4) is 0 Å². The molecular formula is C12H6S3. The van der Waals surface area contributed by atoms with E-state index in [1.807, 2.05) is 34.0 Å². The Morgan fingerprint density at radius 2 is 1.60 bits per heavy atom. The highest BCUT2D eigenvalue weighted by atomic mass is 32.1. The Hall–Kier alpha value is -0.900. The van der Waals surface area contributed by atoms with Crippen molar-refractivity contribution in [2.45, 2.75) is 0 Å². The Balaban J connectivity index is 2.46. The van der Waals surface area contributed by atoms with Gasteiger partial charge in [0.1, 0.15) is 0 Å². The van der Waals surface area contributed by atoms with Crippen molar-refractivity contribution in [2.24, 2.45) is 0 Å². The molecule has 0 saturated carbocycles. The van der Waals surface area contributed by atoms with E-state index in [0.717, 1.165) is 0 Å². The van der Waals surface area contributed by atoms with Gasteiger partial charge in [0.05, 0.1) is 4.70 Å². The van der Waals surface area contributed by atoms with Crippen LogP contribution in [0.3, 0.4) is 0 Å². The molecule has 3 aromatic heterocycles. The summed E-state index contributed by atoms with van der Waals surface area (Å²) in [5.74, 6) is 0. The number of fused-ring (bicyclic) bond motifs is 5. The van der Waals surface area contributed by atoms with Gasteiger partial charge in [0.25, 0.3) is 0 Å². The second kappa shape index (κ2) is 2.82. The predicted molar refractivity (Wildman–Crippen MR) is 72.6 cm³/mol. The third-order valence-electron chi connectivity index (χ3n) is 2.67. The maximum atomic E-state index is 2.26. The van der Waals surface area contributed by atoms with Gasteiger partial charge in [-0.3, -0.25) is 0 Å². The molecule has 4 rings (SSSR count). The molecule has 0 N–H and O–H groups in total. The van der Waals surface area contributed by atoms with Crippen LogP contribution in [-0.4, -0.2) is 0 Å². The summed E-state index contributed by atoms with van der Waals surface area (Å²) in [6.07, 6.45) is 0. The summed E-state index contributed by atoms with van der Waals surface area (Å²) < 4.78 is 5.70. The average molecular weight is 246 g/mol. The van der Waals surface area contributed by atoms with E-state index in [0.29, 0.717) is 0 Å². The molecule has 0 atom stereocenters. The minimum absolute atomic E-state index is 1.40. The molecule has 3 heteroatoms. The van der Waals surface area contributed by atoms with Gasteiger partial charge in [-0.1, -0.05) is 0 Å². The number of rotatable bonds is 0. The molecule has 0 fully saturated rings. The van der Waals surface area contributed by atoms with Crippen LogP contribution in [0.4, 0.5) is 0 Å².